The second-order valence-electron chi connectivity index (χ2n) is 6.71. The summed E-state index contributed by atoms with van der Waals surface area (Å²) in [6, 6.07) is 11.0. The Labute approximate surface area is 173 Å². The summed E-state index contributed by atoms with van der Waals surface area (Å²) >= 11 is 1.55. The zero-order valence-corrected chi connectivity index (χ0v) is 17.3. The summed E-state index contributed by atoms with van der Waals surface area (Å²) in [5.41, 5.74) is 2.49. The van der Waals surface area contributed by atoms with E-state index in [4.69, 9.17) is 9.26 Å². The number of carbonyl (C=O) groups is 1. The van der Waals surface area contributed by atoms with Gasteiger partial charge in [-0.1, -0.05) is 30.3 Å². The van der Waals surface area contributed by atoms with Crippen molar-refractivity contribution >= 4 is 22.9 Å². The minimum atomic E-state index is -0.414. The van der Waals surface area contributed by atoms with Gasteiger partial charge in [0, 0.05) is 12.2 Å². The fourth-order valence-corrected chi connectivity index (χ4v) is 4.11. The first-order chi connectivity index (χ1) is 14.1. The van der Waals surface area contributed by atoms with E-state index in [1.807, 2.05) is 55.6 Å². The van der Waals surface area contributed by atoms with Crippen molar-refractivity contribution in [1.29, 1.82) is 0 Å². The van der Waals surface area contributed by atoms with Crippen molar-refractivity contribution < 1.29 is 14.1 Å². The van der Waals surface area contributed by atoms with Gasteiger partial charge in [-0.25, -0.2) is 4.79 Å². The minimum Gasteiger partial charge on any atom is -0.497 e. The summed E-state index contributed by atoms with van der Waals surface area (Å²) in [5.74, 6) is 1.66. The highest BCUT2D eigenvalue weighted by Gasteiger charge is 2.35. The molecule has 1 atom stereocenters. The second kappa shape index (κ2) is 8.08. The molecule has 0 bridgehead atoms. The van der Waals surface area contributed by atoms with Gasteiger partial charge in [0.05, 0.1) is 23.6 Å². The van der Waals surface area contributed by atoms with E-state index >= 15 is 0 Å². The van der Waals surface area contributed by atoms with Crippen molar-refractivity contribution in [3.05, 3.63) is 58.9 Å². The Balaban J connectivity index is 1.82. The molecule has 1 unspecified atom stereocenters. The van der Waals surface area contributed by atoms with E-state index in [9.17, 15) is 4.79 Å². The topological polar surface area (TPSA) is 80.5 Å². The average molecular weight is 410 g/mol. The predicted octanol–water partition coefficient (Wildman–Crippen LogP) is 4.71. The van der Waals surface area contributed by atoms with Crippen LogP contribution >= 0.6 is 11.3 Å². The normalized spacial score (nSPS) is 16.9. The molecule has 0 radical (unpaired) electrons. The third-order valence-corrected chi connectivity index (χ3v) is 5.73. The van der Waals surface area contributed by atoms with Crippen molar-refractivity contribution in [2.24, 2.45) is 0 Å². The number of nitrogens with zero attached hydrogens (tertiary/aromatic N) is 3. The number of carbonyl (C=O) groups excluding carboxylic acids is 1. The van der Waals surface area contributed by atoms with Crippen molar-refractivity contribution in [2.75, 3.05) is 13.7 Å². The predicted molar refractivity (Wildman–Crippen MR) is 111 cm³/mol. The highest BCUT2D eigenvalue weighted by atomic mass is 32.1. The molecule has 150 valence electrons. The molecule has 1 aliphatic rings. The molecule has 0 aliphatic carbocycles. The van der Waals surface area contributed by atoms with Gasteiger partial charge in [-0.15, -0.1) is 11.3 Å². The van der Waals surface area contributed by atoms with Crippen molar-refractivity contribution in [1.82, 2.24) is 20.4 Å². The van der Waals surface area contributed by atoms with E-state index < -0.39 is 6.04 Å². The largest absolute Gasteiger partial charge is 0.497 e. The molecule has 2 amide bonds. The van der Waals surface area contributed by atoms with Gasteiger partial charge in [0.1, 0.15) is 5.75 Å². The van der Waals surface area contributed by atoms with E-state index in [1.54, 1.807) is 23.3 Å². The molecule has 29 heavy (non-hydrogen) atoms. The number of benzene rings is 1. The van der Waals surface area contributed by atoms with Crippen LogP contribution in [0.1, 0.15) is 37.8 Å². The van der Waals surface area contributed by atoms with Crippen LogP contribution in [0.3, 0.4) is 0 Å². The maximum absolute atomic E-state index is 12.8. The Hall–Kier alpha value is -3.13. The number of hydrogen-bond donors (Lipinski definition) is 1. The molecule has 0 spiro atoms. The smallest absolute Gasteiger partial charge is 0.322 e. The number of methoxy groups -OCH3 is 1. The van der Waals surface area contributed by atoms with Gasteiger partial charge in [-0.3, -0.25) is 4.90 Å². The molecule has 2 aromatic heterocycles. The first-order valence-electron chi connectivity index (χ1n) is 9.43. The quantitative estimate of drug-likeness (QED) is 0.636. The van der Waals surface area contributed by atoms with Gasteiger partial charge in [-0.05, 0) is 42.5 Å². The minimum absolute atomic E-state index is 0.140. The number of rotatable bonds is 6. The van der Waals surface area contributed by atoms with Crippen molar-refractivity contribution in [2.45, 2.75) is 26.3 Å². The maximum atomic E-state index is 12.8. The van der Waals surface area contributed by atoms with Crippen LogP contribution in [0.2, 0.25) is 0 Å². The number of hydrogen-bond acceptors (Lipinski definition) is 6. The SMILES string of the molecule is CCCN1C(=O)NC(c2cccc(OC)c2)C(c2nc(-c3cccs3)no2)=C1C. The molecule has 0 fully saturated rings. The molecule has 0 saturated carbocycles. The number of amides is 2. The zero-order valence-electron chi connectivity index (χ0n) is 16.5. The van der Waals surface area contributed by atoms with E-state index in [0.717, 1.165) is 33.9 Å². The highest BCUT2D eigenvalue weighted by Crippen LogP contribution is 2.38. The van der Waals surface area contributed by atoms with Crippen LogP contribution in [0.5, 0.6) is 5.75 Å². The molecule has 7 nitrogen and oxygen atoms in total. The van der Waals surface area contributed by atoms with Gasteiger partial charge in [-0.2, -0.15) is 4.98 Å². The van der Waals surface area contributed by atoms with Gasteiger partial charge >= 0.3 is 6.03 Å². The Kier molecular flexibility index (Phi) is 5.35. The van der Waals surface area contributed by atoms with Crippen LogP contribution in [-0.2, 0) is 0 Å². The van der Waals surface area contributed by atoms with Gasteiger partial charge in [0.2, 0.25) is 5.82 Å². The van der Waals surface area contributed by atoms with Crippen molar-refractivity contribution in [3.63, 3.8) is 0 Å². The van der Waals surface area contributed by atoms with Crippen molar-refractivity contribution in [3.8, 4) is 16.5 Å². The van der Waals surface area contributed by atoms with E-state index in [2.05, 4.69) is 15.5 Å². The summed E-state index contributed by atoms with van der Waals surface area (Å²) in [4.78, 5) is 20.1. The molecule has 3 aromatic rings. The fourth-order valence-electron chi connectivity index (χ4n) is 3.46. The van der Waals surface area contributed by atoms with E-state index in [-0.39, 0.29) is 6.03 Å². The molecule has 1 aromatic carbocycles. The van der Waals surface area contributed by atoms with Crippen LogP contribution in [0, 0.1) is 0 Å². The summed E-state index contributed by atoms with van der Waals surface area (Å²) < 4.78 is 11.0. The van der Waals surface area contributed by atoms with Gasteiger partial charge in [0.15, 0.2) is 0 Å². The summed E-state index contributed by atoms with van der Waals surface area (Å²) in [6.45, 7) is 4.57. The molecular weight excluding hydrogens is 388 g/mol. The molecule has 0 saturated heterocycles. The molecule has 1 N–H and O–H groups in total. The molecule has 1 aliphatic heterocycles. The van der Waals surface area contributed by atoms with E-state index in [0.29, 0.717) is 18.3 Å². The molecular formula is C21H22N4O3S. The Morgan fingerprint density at radius 2 is 2.17 bits per heavy atom. The number of allylic oxidation sites excluding steroid dienone is 1. The van der Waals surface area contributed by atoms with Crippen LogP contribution in [0.25, 0.3) is 16.3 Å². The van der Waals surface area contributed by atoms with Crippen LogP contribution in [0.15, 0.2) is 52.0 Å². The lowest BCUT2D eigenvalue weighted by molar-refractivity contribution is 0.205. The summed E-state index contributed by atoms with van der Waals surface area (Å²) in [6.07, 6.45) is 0.839. The van der Waals surface area contributed by atoms with Gasteiger partial charge in [0.25, 0.3) is 5.89 Å². The number of urea groups is 1. The molecule has 8 heteroatoms. The Bertz CT molecular complexity index is 1040. The third kappa shape index (κ3) is 3.63. The molecule has 3 heterocycles. The highest BCUT2D eigenvalue weighted by molar-refractivity contribution is 7.13. The second-order valence-corrected chi connectivity index (χ2v) is 7.66. The number of thiophene rings is 1. The average Bonchev–Trinajstić information content (AvgIpc) is 3.42. The van der Waals surface area contributed by atoms with Gasteiger partial charge < -0.3 is 14.6 Å². The standard InChI is InChI=1S/C21H22N4O3S/c1-4-10-25-13(2)17(20-23-19(24-28-20)16-9-6-11-29-16)18(22-21(25)26)14-7-5-8-15(12-14)27-3/h5-9,11-12,18H,4,10H2,1-3H3,(H,22,26). The first kappa shape index (κ1) is 19.2. The number of ether oxygens (including phenoxy) is 1. The number of nitrogens with one attached hydrogen (secondary N) is 1. The van der Waals surface area contributed by atoms with E-state index in [1.165, 1.54) is 0 Å². The Morgan fingerprint density at radius 1 is 1.31 bits per heavy atom. The summed E-state index contributed by atoms with van der Waals surface area (Å²) in [7, 11) is 1.62. The van der Waals surface area contributed by atoms with Crippen LogP contribution in [-0.4, -0.2) is 34.7 Å². The fraction of sp³-hybridized carbons (Fsp3) is 0.286. The third-order valence-electron chi connectivity index (χ3n) is 4.87. The van der Waals surface area contributed by atoms with Crippen LogP contribution in [0.4, 0.5) is 4.79 Å². The maximum Gasteiger partial charge on any atom is 0.322 e. The monoisotopic (exact) mass is 410 g/mol. The first-order valence-corrected chi connectivity index (χ1v) is 10.3. The zero-order chi connectivity index (χ0) is 20.4. The molecule has 4 rings (SSSR count). The summed E-state index contributed by atoms with van der Waals surface area (Å²) in [5, 5.41) is 9.22. The lowest BCUT2D eigenvalue weighted by Crippen LogP contribution is -2.46. The lowest BCUT2D eigenvalue weighted by atomic mass is 9.94. The number of aromatic nitrogens is 2. The van der Waals surface area contributed by atoms with Crippen LogP contribution < -0.4 is 10.1 Å². The Morgan fingerprint density at radius 3 is 2.90 bits per heavy atom. The lowest BCUT2D eigenvalue weighted by Gasteiger charge is -2.35.